The number of hydrogen-bond donors (Lipinski definition) is 2. The first kappa shape index (κ1) is 18.3. The van der Waals surface area contributed by atoms with Crippen molar-refractivity contribution in [3.63, 3.8) is 0 Å². The Hall–Kier alpha value is -1.07. The first-order valence-electron chi connectivity index (χ1n) is 9.00. The zero-order valence-corrected chi connectivity index (χ0v) is 15.7. The summed E-state index contributed by atoms with van der Waals surface area (Å²) in [7, 11) is 0. The molecule has 1 fully saturated rings. The van der Waals surface area contributed by atoms with Crippen molar-refractivity contribution in [3.05, 3.63) is 21.9 Å². The van der Waals surface area contributed by atoms with Crippen LogP contribution in [0.4, 0.5) is 0 Å². The quantitative estimate of drug-likeness (QED) is 0.593. The van der Waals surface area contributed by atoms with E-state index in [1.807, 2.05) is 0 Å². The van der Waals surface area contributed by atoms with E-state index in [1.165, 1.54) is 49.3 Å². The van der Waals surface area contributed by atoms with E-state index in [0.717, 1.165) is 31.5 Å². The molecule has 0 aromatic carbocycles. The van der Waals surface area contributed by atoms with Crippen LogP contribution in [0.3, 0.4) is 0 Å². The third-order valence-electron chi connectivity index (χ3n) is 4.50. The Balaban J connectivity index is 1.77. The van der Waals surface area contributed by atoms with Gasteiger partial charge in [-0.2, -0.15) is 0 Å². The van der Waals surface area contributed by atoms with Crippen molar-refractivity contribution < 1.29 is 0 Å². The lowest BCUT2D eigenvalue weighted by Crippen LogP contribution is -2.43. The lowest BCUT2D eigenvalue weighted by Gasteiger charge is -2.32. The number of rotatable bonds is 7. The fourth-order valence-corrected chi connectivity index (χ4v) is 3.86. The summed E-state index contributed by atoms with van der Waals surface area (Å²) in [6.45, 7) is 13.0. The smallest absolute Gasteiger partial charge is 0.191 e. The number of nitrogens with one attached hydrogen (secondary N) is 2. The normalized spacial score (nSPS) is 17.4. The maximum Gasteiger partial charge on any atom is 0.191 e. The predicted octanol–water partition coefficient (Wildman–Crippen LogP) is 3.23. The van der Waals surface area contributed by atoms with Gasteiger partial charge in [-0.25, -0.2) is 4.99 Å². The lowest BCUT2D eigenvalue weighted by atomic mass is 9.97. The second-order valence-electron chi connectivity index (χ2n) is 6.39. The number of guanidine groups is 1. The van der Waals surface area contributed by atoms with Crippen molar-refractivity contribution >= 4 is 17.3 Å². The summed E-state index contributed by atoms with van der Waals surface area (Å²) in [5.41, 5.74) is 1.35. The van der Waals surface area contributed by atoms with Crippen LogP contribution in [-0.2, 0) is 6.54 Å². The molecule has 0 amide bonds. The van der Waals surface area contributed by atoms with Crippen molar-refractivity contribution in [3.8, 4) is 0 Å². The van der Waals surface area contributed by atoms with Crippen molar-refractivity contribution in [1.82, 2.24) is 15.5 Å². The van der Waals surface area contributed by atoms with E-state index in [-0.39, 0.29) is 0 Å². The highest BCUT2D eigenvalue weighted by Gasteiger charge is 2.18. The molecular formula is C18H32N4S. The molecule has 5 heteroatoms. The minimum Gasteiger partial charge on any atom is -0.357 e. The number of likely N-dealkylation sites (tertiary alicyclic amines) is 1. The largest absolute Gasteiger partial charge is 0.357 e. The fraction of sp³-hybridized carbons (Fsp3) is 0.722. The summed E-state index contributed by atoms with van der Waals surface area (Å²) >= 11 is 1.79. The second kappa shape index (κ2) is 9.93. The molecule has 4 nitrogen and oxygen atoms in total. The standard InChI is InChI=1S/C18H32N4S/c1-4-9-22-10-6-16(7-11-22)13-20-18(19-5-2)21-14-17-15(3)8-12-23-17/h8,12,16H,4-7,9-11,13-14H2,1-3H3,(H2,19,20,21). The maximum absolute atomic E-state index is 4.74. The van der Waals surface area contributed by atoms with Gasteiger partial charge in [-0.3, -0.25) is 0 Å². The summed E-state index contributed by atoms with van der Waals surface area (Å²) in [5, 5.41) is 9.05. The Labute approximate surface area is 145 Å². The van der Waals surface area contributed by atoms with Gasteiger partial charge in [-0.05, 0) is 75.7 Å². The van der Waals surface area contributed by atoms with Crippen LogP contribution < -0.4 is 10.6 Å². The number of piperidine rings is 1. The summed E-state index contributed by atoms with van der Waals surface area (Å²) in [4.78, 5) is 8.69. The van der Waals surface area contributed by atoms with Crippen LogP contribution in [0.25, 0.3) is 0 Å². The van der Waals surface area contributed by atoms with Gasteiger partial charge < -0.3 is 15.5 Å². The topological polar surface area (TPSA) is 39.7 Å². The summed E-state index contributed by atoms with van der Waals surface area (Å²) in [5.74, 6) is 1.73. The fourth-order valence-electron chi connectivity index (χ4n) is 3.03. The van der Waals surface area contributed by atoms with Crippen LogP contribution in [0.15, 0.2) is 16.4 Å². The Bertz CT molecular complexity index is 475. The third kappa shape index (κ3) is 6.15. The molecule has 0 unspecified atom stereocenters. The maximum atomic E-state index is 4.74. The molecule has 1 aromatic rings. The minimum absolute atomic E-state index is 0.772. The zero-order valence-electron chi connectivity index (χ0n) is 14.9. The van der Waals surface area contributed by atoms with Gasteiger partial charge in [0.15, 0.2) is 5.96 Å². The van der Waals surface area contributed by atoms with E-state index in [9.17, 15) is 0 Å². The van der Waals surface area contributed by atoms with Crippen LogP contribution >= 0.6 is 11.3 Å². The van der Waals surface area contributed by atoms with Gasteiger partial charge in [0, 0.05) is 18.0 Å². The molecule has 1 aromatic heterocycles. The van der Waals surface area contributed by atoms with Crippen molar-refractivity contribution in [2.75, 3.05) is 32.7 Å². The van der Waals surface area contributed by atoms with Gasteiger partial charge in [0.25, 0.3) is 0 Å². The van der Waals surface area contributed by atoms with E-state index in [2.05, 4.69) is 47.8 Å². The highest BCUT2D eigenvalue weighted by Crippen LogP contribution is 2.17. The molecule has 1 saturated heterocycles. The van der Waals surface area contributed by atoms with Gasteiger partial charge in [-0.1, -0.05) is 6.92 Å². The Morgan fingerprint density at radius 2 is 2.09 bits per heavy atom. The van der Waals surface area contributed by atoms with Crippen LogP contribution in [-0.4, -0.2) is 43.6 Å². The second-order valence-corrected chi connectivity index (χ2v) is 7.39. The predicted molar refractivity (Wildman–Crippen MR) is 101 cm³/mol. The zero-order chi connectivity index (χ0) is 16.5. The minimum atomic E-state index is 0.772. The number of nitrogens with zero attached hydrogens (tertiary/aromatic N) is 2. The lowest BCUT2D eigenvalue weighted by molar-refractivity contribution is 0.185. The van der Waals surface area contributed by atoms with Gasteiger partial charge in [0.05, 0.1) is 6.54 Å². The van der Waals surface area contributed by atoms with E-state index in [1.54, 1.807) is 11.3 Å². The average Bonchev–Trinajstić information content (AvgIpc) is 2.97. The Morgan fingerprint density at radius 3 is 2.70 bits per heavy atom. The van der Waals surface area contributed by atoms with Gasteiger partial charge >= 0.3 is 0 Å². The number of thiophene rings is 1. The van der Waals surface area contributed by atoms with E-state index in [0.29, 0.717) is 0 Å². The van der Waals surface area contributed by atoms with E-state index in [4.69, 9.17) is 4.99 Å². The van der Waals surface area contributed by atoms with Crippen molar-refractivity contribution in [1.29, 1.82) is 0 Å². The molecular weight excluding hydrogens is 304 g/mol. The van der Waals surface area contributed by atoms with Gasteiger partial charge in [0.2, 0.25) is 0 Å². The van der Waals surface area contributed by atoms with E-state index < -0.39 is 0 Å². The Morgan fingerprint density at radius 1 is 1.30 bits per heavy atom. The molecule has 0 radical (unpaired) electrons. The van der Waals surface area contributed by atoms with Crippen LogP contribution in [0, 0.1) is 12.8 Å². The third-order valence-corrected chi connectivity index (χ3v) is 5.51. The van der Waals surface area contributed by atoms with Crippen LogP contribution in [0.2, 0.25) is 0 Å². The molecule has 23 heavy (non-hydrogen) atoms. The number of hydrogen-bond acceptors (Lipinski definition) is 3. The Kier molecular flexibility index (Phi) is 7.89. The summed E-state index contributed by atoms with van der Waals surface area (Å²) < 4.78 is 0. The molecule has 0 atom stereocenters. The molecule has 130 valence electrons. The van der Waals surface area contributed by atoms with Crippen molar-refractivity contribution in [2.45, 2.75) is 46.6 Å². The summed E-state index contributed by atoms with van der Waals surface area (Å²) in [6.07, 6.45) is 3.87. The molecule has 1 aliphatic rings. The molecule has 2 heterocycles. The van der Waals surface area contributed by atoms with Crippen molar-refractivity contribution in [2.24, 2.45) is 10.9 Å². The molecule has 0 saturated carbocycles. The van der Waals surface area contributed by atoms with Crippen LogP contribution in [0.1, 0.15) is 43.6 Å². The van der Waals surface area contributed by atoms with Crippen LogP contribution in [0.5, 0.6) is 0 Å². The monoisotopic (exact) mass is 336 g/mol. The number of aliphatic imine (C=N–C) groups is 1. The highest BCUT2D eigenvalue weighted by molar-refractivity contribution is 7.10. The molecule has 0 bridgehead atoms. The molecule has 1 aliphatic heterocycles. The molecule has 2 N–H and O–H groups in total. The number of aryl methyl sites for hydroxylation is 1. The molecule has 0 aliphatic carbocycles. The average molecular weight is 337 g/mol. The van der Waals surface area contributed by atoms with Gasteiger partial charge in [0.1, 0.15) is 0 Å². The molecule has 2 rings (SSSR count). The summed E-state index contributed by atoms with van der Waals surface area (Å²) in [6, 6.07) is 2.17. The first-order chi connectivity index (χ1) is 11.2. The van der Waals surface area contributed by atoms with E-state index >= 15 is 0 Å². The molecule has 0 spiro atoms. The van der Waals surface area contributed by atoms with Gasteiger partial charge in [-0.15, -0.1) is 11.3 Å². The SMILES string of the molecule is CCCN1CCC(CNC(=NCc2sccc2C)NCC)CC1. The first-order valence-corrected chi connectivity index (χ1v) is 9.88. The highest BCUT2D eigenvalue weighted by atomic mass is 32.1.